The maximum absolute atomic E-state index is 11.8. The first-order valence-corrected chi connectivity index (χ1v) is 6.18. The van der Waals surface area contributed by atoms with Crippen LogP contribution in [0.1, 0.15) is 39.5 Å². The molecular formula is C13H22O3. The molecule has 3 heteroatoms. The molecule has 16 heavy (non-hydrogen) atoms. The smallest absolute Gasteiger partial charge is 0.309 e. The molecule has 0 aromatic carbocycles. The average Bonchev–Trinajstić information content (AvgIpc) is 2.30. The third-order valence-corrected chi connectivity index (χ3v) is 3.10. The summed E-state index contributed by atoms with van der Waals surface area (Å²) in [5.74, 6) is 0.758. The number of carbonyl (C=O) groups excluding carboxylic acids is 1. The zero-order valence-electron chi connectivity index (χ0n) is 10.3. The van der Waals surface area contributed by atoms with Crippen LogP contribution in [0.2, 0.25) is 0 Å². The molecule has 0 heterocycles. The van der Waals surface area contributed by atoms with Crippen LogP contribution in [0.3, 0.4) is 0 Å². The van der Waals surface area contributed by atoms with E-state index >= 15 is 0 Å². The Morgan fingerprint density at radius 1 is 1.12 bits per heavy atom. The first-order valence-electron chi connectivity index (χ1n) is 6.18. The van der Waals surface area contributed by atoms with Crippen LogP contribution < -0.4 is 0 Å². The minimum Gasteiger partial charge on any atom is -0.499 e. The molecule has 0 amide bonds. The van der Waals surface area contributed by atoms with E-state index in [1.165, 1.54) is 0 Å². The second-order valence-electron chi connectivity index (χ2n) is 4.15. The van der Waals surface area contributed by atoms with E-state index in [0.29, 0.717) is 13.2 Å². The summed E-state index contributed by atoms with van der Waals surface area (Å²) in [7, 11) is 0. The third-order valence-electron chi connectivity index (χ3n) is 3.10. The summed E-state index contributed by atoms with van der Waals surface area (Å²) in [6, 6.07) is 0. The van der Waals surface area contributed by atoms with Gasteiger partial charge in [-0.3, -0.25) is 4.79 Å². The van der Waals surface area contributed by atoms with Gasteiger partial charge in [-0.2, -0.15) is 0 Å². The van der Waals surface area contributed by atoms with E-state index in [2.05, 4.69) is 6.58 Å². The Bertz CT molecular complexity index is 222. The maximum Gasteiger partial charge on any atom is 0.309 e. The van der Waals surface area contributed by atoms with Crippen LogP contribution in [0.25, 0.3) is 0 Å². The summed E-state index contributed by atoms with van der Waals surface area (Å²) >= 11 is 0. The molecule has 1 rings (SSSR count). The Hall–Kier alpha value is -0.990. The Kier molecular flexibility index (Phi) is 5.36. The molecule has 1 aliphatic rings. The number of hydrogen-bond acceptors (Lipinski definition) is 3. The van der Waals surface area contributed by atoms with Crippen molar-refractivity contribution in [1.82, 2.24) is 0 Å². The van der Waals surface area contributed by atoms with Gasteiger partial charge in [0.05, 0.1) is 24.9 Å². The number of hydrogen-bond donors (Lipinski definition) is 0. The molecule has 0 bridgehead atoms. The summed E-state index contributed by atoms with van der Waals surface area (Å²) in [6.07, 6.45) is 4.13. The van der Waals surface area contributed by atoms with Gasteiger partial charge >= 0.3 is 5.97 Å². The second-order valence-corrected chi connectivity index (χ2v) is 4.15. The van der Waals surface area contributed by atoms with Crippen molar-refractivity contribution in [1.29, 1.82) is 0 Å². The summed E-state index contributed by atoms with van der Waals surface area (Å²) in [4.78, 5) is 11.8. The van der Waals surface area contributed by atoms with E-state index in [4.69, 9.17) is 9.47 Å². The van der Waals surface area contributed by atoms with Crippen LogP contribution in [-0.4, -0.2) is 19.2 Å². The molecule has 0 N–H and O–H groups in total. The SMILES string of the molecule is C=C(OCC)C1CCCCC1C(=O)OCC. The van der Waals surface area contributed by atoms with Gasteiger partial charge in [0.1, 0.15) is 0 Å². The van der Waals surface area contributed by atoms with Gasteiger partial charge in [0.25, 0.3) is 0 Å². The molecule has 1 fully saturated rings. The second kappa shape index (κ2) is 6.56. The molecule has 1 aliphatic carbocycles. The fourth-order valence-electron chi connectivity index (χ4n) is 2.34. The first-order chi connectivity index (χ1) is 7.70. The highest BCUT2D eigenvalue weighted by Crippen LogP contribution is 2.35. The first kappa shape index (κ1) is 13.1. The molecular weight excluding hydrogens is 204 g/mol. The predicted octanol–water partition coefficient (Wildman–Crippen LogP) is 2.91. The van der Waals surface area contributed by atoms with Crippen molar-refractivity contribution in [3.63, 3.8) is 0 Å². The van der Waals surface area contributed by atoms with Crippen LogP contribution in [0.4, 0.5) is 0 Å². The van der Waals surface area contributed by atoms with Crippen molar-refractivity contribution in [3.8, 4) is 0 Å². The van der Waals surface area contributed by atoms with Crippen molar-refractivity contribution in [3.05, 3.63) is 12.3 Å². The topological polar surface area (TPSA) is 35.5 Å². The minimum absolute atomic E-state index is 0.0484. The van der Waals surface area contributed by atoms with Gasteiger partial charge in [0.2, 0.25) is 0 Å². The van der Waals surface area contributed by atoms with E-state index < -0.39 is 0 Å². The maximum atomic E-state index is 11.8. The Morgan fingerprint density at radius 3 is 2.25 bits per heavy atom. The fourth-order valence-corrected chi connectivity index (χ4v) is 2.34. The molecule has 3 nitrogen and oxygen atoms in total. The van der Waals surface area contributed by atoms with Gasteiger partial charge in [-0.25, -0.2) is 0 Å². The van der Waals surface area contributed by atoms with E-state index in [1.807, 2.05) is 13.8 Å². The van der Waals surface area contributed by atoms with Gasteiger partial charge < -0.3 is 9.47 Å². The van der Waals surface area contributed by atoms with E-state index in [0.717, 1.165) is 31.4 Å². The lowest BCUT2D eigenvalue weighted by molar-refractivity contribution is -0.151. The highest BCUT2D eigenvalue weighted by Gasteiger charge is 2.34. The van der Waals surface area contributed by atoms with Crippen LogP contribution in [0.5, 0.6) is 0 Å². The number of esters is 1. The summed E-state index contributed by atoms with van der Waals surface area (Å²) in [6.45, 7) is 8.77. The minimum atomic E-state index is -0.0898. The normalized spacial score (nSPS) is 24.9. The number of ether oxygens (including phenoxy) is 2. The van der Waals surface area contributed by atoms with Gasteiger partial charge in [0, 0.05) is 5.92 Å². The van der Waals surface area contributed by atoms with Crippen LogP contribution in [0.15, 0.2) is 12.3 Å². The Balaban J connectivity index is 2.63. The molecule has 0 aliphatic heterocycles. The predicted molar refractivity (Wildman–Crippen MR) is 62.8 cm³/mol. The van der Waals surface area contributed by atoms with E-state index in [-0.39, 0.29) is 17.8 Å². The van der Waals surface area contributed by atoms with E-state index in [9.17, 15) is 4.79 Å². The molecule has 1 saturated carbocycles. The monoisotopic (exact) mass is 226 g/mol. The van der Waals surface area contributed by atoms with Crippen molar-refractivity contribution in [2.45, 2.75) is 39.5 Å². The van der Waals surface area contributed by atoms with Gasteiger partial charge in [-0.15, -0.1) is 0 Å². The van der Waals surface area contributed by atoms with Gasteiger partial charge in [-0.05, 0) is 26.7 Å². The number of carbonyl (C=O) groups is 1. The van der Waals surface area contributed by atoms with Crippen LogP contribution in [-0.2, 0) is 14.3 Å². The summed E-state index contributed by atoms with van der Waals surface area (Å²) in [5, 5.41) is 0. The zero-order chi connectivity index (χ0) is 12.0. The molecule has 0 aromatic heterocycles. The fraction of sp³-hybridized carbons (Fsp3) is 0.769. The summed E-state index contributed by atoms with van der Waals surface area (Å²) < 4.78 is 10.5. The molecule has 0 aromatic rings. The highest BCUT2D eigenvalue weighted by atomic mass is 16.5. The van der Waals surface area contributed by atoms with E-state index in [1.54, 1.807) is 0 Å². The quantitative estimate of drug-likeness (QED) is 0.534. The Labute approximate surface area is 97.8 Å². The van der Waals surface area contributed by atoms with Crippen molar-refractivity contribution >= 4 is 5.97 Å². The largest absolute Gasteiger partial charge is 0.499 e. The van der Waals surface area contributed by atoms with Crippen LogP contribution in [0, 0.1) is 11.8 Å². The molecule has 0 spiro atoms. The molecule has 2 atom stereocenters. The zero-order valence-corrected chi connectivity index (χ0v) is 10.3. The number of allylic oxidation sites excluding steroid dienone is 1. The number of rotatable bonds is 5. The van der Waals surface area contributed by atoms with Gasteiger partial charge in [0.15, 0.2) is 0 Å². The highest BCUT2D eigenvalue weighted by molar-refractivity contribution is 5.73. The Morgan fingerprint density at radius 2 is 1.69 bits per heavy atom. The summed E-state index contributed by atoms with van der Waals surface area (Å²) in [5.41, 5.74) is 0. The van der Waals surface area contributed by atoms with Gasteiger partial charge in [-0.1, -0.05) is 19.4 Å². The van der Waals surface area contributed by atoms with Crippen molar-refractivity contribution in [2.75, 3.05) is 13.2 Å². The van der Waals surface area contributed by atoms with Crippen molar-refractivity contribution < 1.29 is 14.3 Å². The molecule has 0 radical (unpaired) electrons. The van der Waals surface area contributed by atoms with Crippen molar-refractivity contribution in [2.24, 2.45) is 11.8 Å². The molecule has 0 saturated heterocycles. The third kappa shape index (κ3) is 3.26. The molecule has 2 unspecified atom stereocenters. The molecule has 92 valence electrons. The lowest BCUT2D eigenvalue weighted by atomic mass is 9.78. The lowest BCUT2D eigenvalue weighted by Crippen LogP contribution is -2.30. The standard InChI is InChI=1S/C13H22O3/c1-4-15-10(3)11-8-6-7-9-12(11)13(14)16-5-2/h11-12H,3-9H2,1-2H3. The average molecular weight is 226 g/mol. The van der Waals surface area contributed by atoms with Crippen LogP contribution >= 0.6 is 0 Å². The lowest BCUT2D eigenvalue weighted by Gasteiger charge is -2.30.